The van der Waals surface area contributed by atoms with Crippen LogP contribution in [0.1, 0.15) is 0 Å². The van der Waals surface area contributed by atoms with Crippen LogP contribution >= 0.6 is 0 Å². The van der Waals surface area contributed by atoms with E-state index in [1.807, 2.05) is 30.5 Å². The summed E-state index contributed by atoms with van der Waals surface area (Å²) in [5.41, 5.74) is 0. The molecule has 1 heterocycles. The monoisotopic (exact) mass is 111 g/mol. The molecule has 0 aromatic carbocycles. The molecule has 0 saturated heterocycles. The van der Waals surface area contributed by atoms with Crippen LogP contribution in [0.4, 0.5) is 0 Å². The molecule has 3 heteroatoms. The molecule has 3 nitrogen and oxygen atoms in total. The summed E-state index contributed by atoms with van der Waals surface area (Å²) in [6.45, 7) is 0. The van der Waals surface area contributed by atoms with E-state index in [0.29, 0.717) is 0 Å². The Bertz CT molecular complexity index is 170. The van der Waals surface area contributed by atoms with E-state index in [-0.39, 0.29) is 0 Å². The molecule has 0 atom stereocenters. The van der Waals surface area contributed by atoms with E-state index >= 15 is 0 Å². The van der Waals surface area contributed by atoms with Crippen molar-refractivity contribution in [2.24, 2.45) is 21.1 Å². The largest absolute Gasteiger partial charge is 0.549 e. The number of hydrogen-bond acceptors (Lipinski definition) is 0. The number of nitrogens with zero attached hydrogens (tertiary/aromatic N) is 3. The molecule has 1 aromatic heterocycles. The molecule has 44 valence electrons. The molecule has 8 heavy (non-hydrogen) atoms. The van der Waals surface area contributed by atoms with E-state index in [1.165, 1.54) is 0 Å². The van der Waals surface area contributed by atoms with E-state index in [0.717, 1.165) is 0 Å². The average molecular weight is 111 g/mol. The highest BCUT2D eigenvalue weighted by Crippen LogP contribution is 1.59. The van der Waals surface area contributed by atoms with Crippen LogP contribution in [0, 0.1) is 12.7 Å². The van der Waals surface area contributed by atoms with Gasteiger partial charge in [0, 0.05) is 7.05 Å². The molecule has 0 saturated carbocycles. The second-order valence-electron chi connectivity index (χ2n) is 1.81. The van der Waals surface area contributed by atoms with Crippen LogP contribution < -0.4 is 9.36 Å². The lowest BCUT2D eigenvalue weighted by Crippen LogP contribution is -2.59. The Labute approximate surface area is 48.8 Å². The number of aromatic nitrogens is 3. The fraction of sp³-hybridized carbons (Fsp3) is 0.600. The zero-order chi connectivity index (χ0) is 6.15. The molecule has 0 spiro atoms. The van der Waals surface area contributed by atoms with Gasteiger partial charge in [-0.2, -0.15) is 0 Å². The Morgan fingerprint density at radius 1 is 1.12 bits per heavy atom. The lowest BCUT2D eigenvalue weighted by atomic mass is 11.1. The Morgan fingerprint density at radius 2 is 1.50 bits per heavy atom. The minimum atomic E-state index is 1.75. The third kappa shape index (κ3) is 0.710. The topological polar surface area (TPSA) is 12.7 Å². The summed E-state index contributed by atoms with van der Waals surface area (Å²) in [4.78, 5) is 0. The number of rotatable bonds is 0. The van der Waals surface area contributed by atoms with E-state index in [2.05, 4.69) is 12.7 Å². The van der Waals surface area contributed by atoms with Crippen LogP contribution in [0.2, 0.25) is 0 Å². The van der Waals surface area contributed by atoms with Crippen LogP contribution in [-0.2, 0) is 21.1 Å². The highest BCUT2D eigenvalue weighted by molar-refractivity contribution is 4.31. The molecule has 0 N–H and O–H groups in total. The molecule has 1 aromatic rings. The maximum atomic E-state index is 2.95. The third-order valence-corrected chi connectivity index (χ3v) is 1.04. The highest BCUT2D eigenvalue weighted by Gasteiger charge is 1.75. The summed E-state index contributed by atoms with van der Waals surface area (Å²) in [6, 6.07) is 0. The van der Waals surface area contributed by atoms with Gasteiger partial charge in [0.1, 0.15) is 0 Å². The molecule has 0 aliphatic heterocycles. The van der Waals surface area contributed by atoms with Gasteiger partial charge in [-0.05, 0) is 0 Å². The second-order valence-corrected chi connectivity index (χ2v) is 1.81. The summed E-state index contributed by atoms with van der Waals surface area (Å²) in [7, 11) is 5.72. The van der Waals surface area contributed by atoms with Crippen molar-refractivity contribution in [3.05, 3.63) is 12.7 Å². The van der Waals surface area contributed by atoms with Gasteiger partial charge in [-0.3, -0.25) is 0 Å². The van der Waals surface area contributed by atoms with Crippen molar-refractivity contribution >= 4 is 0 Å². The molecular formula is C5H9N3. The summed E-state index contributed by atoms with van der Waals surface area (Å²) in [5.74, 6) is 0. The highest BCUT2D eigenvalue weighted by atomic mass is 15.4. The number of hydrogen-bond donors (Lipinski definition) is 0. The number of aryl methyl sites for hydroxylation is 3. The first-order valence-electron chi connectivity index (χ1n) is 2.44. The van der Waals surface area contributed by atoms with Gasteiger partial charge in [0.05, 0.1) is 14.1 Å². The second kappa shape index (κ2) is 1.58. The maximum absolute atomic E-state index is 2.95. The van der Waals surface area contributed by atoms with Gasteiger partial charge in [0.2, 0.25) is 0 Å². The molecule has 0 fully saturated rings. The van der Waals surface area contributed by atoms with Crippen molar-refractivity contribution < 1.29 is 9.36 Å². The van der Waals surface area contributed by atoms with E-state index in [1.54, 1.807) is 4.57 Å². The van der Waals surface area contributed by atoms with Crippen molar-refractivity contribution in [3.8, 4) is 0 Å². The molecule has 0 unspecified atom stereocenters. The first-order valence-corrected chi connectivity index (χ1v) is 2.44. The first-order chi connectivity index (χ1) is 3.70. The normalized spacial score (nSPS) is 9.88. The van der Waals surface area contributed by atoms with Crippen LogP contribution in [-0.4, -0.2) is 4.57 Å². The first kappa shape index (κ1) is 5.28. The molecule has 1 rings (SSSR count). The van der Waals surface area contributed by atoms with Crippen molar-refractivity contribution in [1.82, 2.24) is 4.57 Å². The fourth-order valence-electron chi connectivity index (χ4n) is 0.591. The fourth-order valence-corrected chi connectivity index (χ4v) is 0.591. The van der Waals surface area contributed by atoms with Gasteiger partial charge in [0.15, 0.2) is 0 Å². The van der Waals surface area contributed by atoms with Gasteiger partial charge in [0.25, 0.3) is 0 Å². The van der Waals surface area contributed by atoms with Crippen LogP contribution in [0.3, 0.4) is 0 Å². The molecular weight excluding hydrogens is 102 g/mol. The predicted molar refractivity (Wildman–Crippen MR) is 25.4 cm³/mol. The van der Waals surface area contributed by atoms with E-state index < -0.39 is 0 Å². The zero-order valence-corrected chi connectivity index (χ0v) is 5.34. The Kier molecular flexibility index (Phi) is 1.04. The molecule has 0 aliphatic rings. The molecule has 0 amide bonds. The average Bonchev–Trinajstić information content (AvgIpc) is 1.85. The molecule has 0 radical (unpaired) electrons. The minimum absolute atomic E-state index is 1.75. The summed E-state index contributed by atoms with van der Waals surface area (Å²) < 4.78 is 5.39. The lowest BCUT2D eigenvalue weighted by Gasteiger charge is -1.96. The van der Waals surface area contributed by atoms with Crippen molar-refractivity contribution in [2.45, 2.75) is 0 Å². The van der Waals surface area contributed by atoms with E-state index in [9.17, 15) is 0 Å². The molecule has 0 bridgehead atoms. The predicted octanol–water partition coefficient (Wildman–Crippen LogP) is -1.73. The standard InChI is InChI=1S/C5H9N3/c1-6-4-7(2)8(3)5-6/h1-3H3. The smallest absolute Gasteiger partial charge is 0.0777 e. The van der Waals surface area contributed by atoms with Gasteiger partial charge < -0.3 is 13.9 Å². The lowest BCUT2D eigenvalue weighted by molar-refractivity contribution is -1.24. The quantitative estimate of drug-likeness (QED) is 0.279. The van der Waals surface area contributed by atoms with Gasteiger partial charge >= 0.3 is 0 Å². The van der Waals surface area contributed by atoms with Gasteiger partial charge in [-0.1, -0.05) is 12.7 Å². The Morgan fingerprint density at radius 3 is 1.62 bits per heavy atom. The Balaban J connectivity index is 3.14. The van der Waals surface area contributed by atoms with E-state index in [4.69, 9.17) is 0 Å². The van der Waals surface area contributed by atoms with Crippen LogP contribution in [0.5, 0.6) is 0 Å². The summed E-state index contributed by atoms with van der Waals surface area (Å²) in [5, 5.41) is 0. The van der Waals surface area contributed by atoms with Crippen molar-refractivity contribution in [2.75, 3.05) is 0 Å². The minimum Gasteiger partial charge on any atom is -0.549 e. The zero-order valence-electron chi connectivity index (χ0n) is 5.34. The van der Waals surface area contributed by atoms with Gasteiger partial charge in [-0.25, -0.2) is 0 Å². The van der Waals surface area contributed by atoms with Crippen molar-refractivity contribution in [1.29, 1.82) is 0 Å². The summed E-state index contributed by atoms with van der Waals surface area (Å²) >= 11 is 0. The summed E-state index contributed by atoms with van der Waals surface area (Å²) in [6.07, 6.45) is 5.90. The molecule has 0 aliphatic carbocycles. The SMILES string of the molecule is Cn1[c-][n+](C)[n+](C)[c-]1. The van der Waals surface area contributed by atoms with Crippen LogP contribution in [0.25, 0.3) is 0 Å². The van der Waals surface area contributed by atoms with Crippen LogP contribution in [0.15, 0.2) is 0 Å². The maximum Gasteiger partial charge on any atom is 0.0777 e. The Hall–Kier alpha value is -0.860. The van der Waals surface area contributed by atoms with Gasteiger partial charge in [-0.15, -0.1) is 0 Å². The third-order valence-electron chi connectivity index (χ3n) is 1.04. The van der Waals surface area contributed by atoms with Crippen molar-refractivity contribution in [3.63, 3.8) is 0 Å².